The first-order valence-electron chi connectivity index (χ1n) is 6.21. The summed E-state index contributed by atoms with van der Waals surface area (Å²) in [6, 6.07) is 19.5. The highest BCUT2D eigenvalue weighted by Crippen LogP contribution is 2.51. The number of fused-ring (bicyclic) bond motifs is 1. The summed E-state index contributed by atoms with van der Waals surface area (Å²) in [5.41, 5.74) is 7.13. The molecule has 2 aromatic rings. The average molecular weight is 252 g/mol. The zero-order valence-corrected chi connectivity index (χ0v) is 11.5. The summed E-state index contributed by atoms with van der Waals surface area (Å²) < 4.78 is 0. The van der Waals surface area contributed by atoms with E-state index in [4.69, 9.17) is 0 Å². The normalized spacial score (nSPS) is 18.0. The molecule has 0 spiro atoms. The molecular formula is C17H16S. The third-order valence-corrected chi connectivity index (χ3v) is 4.59. The van der Waals surface area contributed by atoms with Gasteiger partial charge in [-0.15, -0.1) is 0 Å². The summed E-state index contributed by atoms with van der Waals surface area (Å²) in [6.07, 6.45) is 2.20. The highest BCUT2D eigenvalue weighted by molar-refractivity contribution is 7.99. The molecule has 1 heteroatoms. The van der Waals surface area contributed by atoms with Gasteiger partial charge in [-0.3, -0.25) is 0 Å². The zero-order valence-electron chi connectivity index (χ0n) is 10.7. The van der Waals surface area contributed by atoms with Crippen LogP contribution in [0.4, 0.5) is 0 Å². The van der Waals surface area contributed by atoms with Crippen LogP contribution >= 0.6 is 11.8 Å². The van der Waals surface area contributed by atoms with Crippen LogP contribution < -0.4 is 0 Å². The molecule has 90 valence electrons. The molecule has 2 aromatic carbocycles. The first-order valence-corrected chi connectivity index (χ1v) is 7.50. The van der Waals surface area contributed by atoms with Crippen molar-refractivity contribution >= 4 is 22.9 Å². The number of benzene rings is 2. The van der Waals surface area contributed by atoms with E-state index in [1.54, 1.807) is 0 Å². The van der Waals surface area contributed by atoms with E-state index in [-0.39, 0.29) is 0 Å². The highest BCUT2D eigenvalue weighted by Gasteiger charge is 2.28. The van der Waals surface area contributed by atoms with Crippen LogP contribution in [0.2, 0.25) is 0 Å². The molecule has 0 N–H and O–H groups in total. The number of hydrogen-bond donors (Lipinski definition) is 0. The first kappa shape index (κ1) is 11.6. The number of thioether (sulfide) groups is 1. The van der Waals surface area contributed by atoms with E-state index in [9.17, 15) is 0 Å². The Morgan fingerprint density at radius 1 is 0.889 bits per heavy atom. The largest absolute Gasteiger partial charge is 0.152 e. The van der Waals surface area contributed by atoms with Crippen molar-refractivity contribution in [2.75, 3.05) is 6.26 Å². The van der Waals surface area contributed by atoms with E-state index in [0.717, 1.165) is 0 Å². The lowest BCUT2D eigenvalue weighted by Gasteiger charge is -2.14. The lowest BCUT2D eigenvalue weighted by molar-refractivity contribution is 1.28. The molecule has 1 atom stereocenters. The Labute approximate surface area is 113 Å². The minimum absolute atomic E-state index is 0.476. The Bertz CT molecular complexity index is 596. The molecule has 1 aliphatic rings. The van der Waals surface area contributed by atoms with Gasteiger partial charge >= 0.3 is 0 Å². The Morgan fingerprint density at radius 2 is 1.56 bits per heavy atom. The van der Waals surface area contributed by atoms with Crippen LogP contribution in [-0.2, 0) is 0 Å². The minimum Gasteiger partial charge on any atom is -0.152 e. The van der Waals surface area contributed by atoms with Crippen molar-refractivity contribution in [2.24, 2.45) is 0 Å². The molecule has 0 heterocycles. The molecule has 0 saturated heterocycles. The van der Waals surface area contributed by atoms with Gasteiger partial charge in [0.25, 0.3) is 0 Å². The molecule has 0 aromatic heterocycles. The third-order valence-electron chi connectivity index (χ3n) is 3.63. The molecular weight excluding hydrogens is 236 g/mol. The van der Waals surface area contributed by atoms with Gasteiger partial charge in [-0.25, -0.2) is 0 Å². The fraction of sp³-hybridized carbons (Fsp3) is 0.176. The van der Waals surface area contributed by atoms with Gasteiger partial charge in [-0.05, 0) is 41.0 Å². The Balaban J connectivity index is 2.19. The minimum atomic E-state index is 0.476. The van der Waals surface area contributed by atoms with Crippen molar-refractivity contribution in [3.05, 3.63) is 71.3 Å². The Kier molecular flexibility index (Phi) is 3.00. The van der Waals surface area contributed by atoms with E-state index >= 15 is 0 Å². The maximum Gasteiger partial charge on any atom is 0.0558 e. The topological polar surface area (TPSA) is 0 Å². The van der Waals surface area contributed by atoms with Gasteiger partial charge < -0.3 is 0 Å². The Morgan fingerprint density at radius 3 is 2.28 bits per heavy atom. The zero-order chi connectivity index (χ0) is 12.5. The second-order valence-electron chi connectivity index (χ2n) is 4.61. The van der Waals surface area contributed by atoms with Gasteiger partial charge in [0.05, 0.1) is 5.25 Å². The average Bonchev–Trinajstić information content (AvgIpc) is 2.73. The predicted molar refractivity (Wildman–Crippen MR) is 81.6 cm³/mol. The summed E-state index contributed by atoms with van der Waals surface area (Å²) in [7, 11) is 0. The molecule has 0 saturated carbocycles. The summed E-state index contributed by atoms with van der Waals surface area (Å²) in [5.74, 6) is 0. The van der Waals surface area contributed by atoms with Gasteiger partial charge in [0.1, 0.15) is 0 Å². The van der Waals surface area contributed by atoms with Crippen LogP contribution in [0.5, 0.6) is 0 Å². The predicted octanol–water partition coefficient (Wildman–Crippen LogP) is 5.04. The molecule has 18 heavy (non-hydrogen) atoms. The van der Waals surface area contributed by atoms with E-state index in [1.165, 1.54) is 27.8 Å². The molecule has 0 amide bonds. The standard InChI is InChI=1S/C17H16S/c1-12-14-10-6-7-11-15(14)17(18-2)16(12)13-8-4-3-5-9-13/h3-11,17H,1-2H3. The highest BCUT2D eigenvalue weighted by atomic mass is 32.2. The number of hydrogen-bond acceptors (Lipinski definition) is 1. The van der Waals surface area contributed by atoms with E-state index < -0.39 is 0 Å². The summed E-state index contributed by atoms with van der Waals surface area (Å²) in [4.78, 5) is 0. The van der Waals surface area contributed by atoms with Crippen LogP contribution in [0.3, 0.4) is 0 Å². The second-order valence-corrected chi connectivity index (χ2v) is 5.55. The van der Waals surface area contributed by atoms with Crippen LogP contribution in [0.1, 0.15) is 28.9 Å². The van der Waals surface area contributed by atoms with Gasteiger partial charge in [0.2, 0.25) is 0 Å². The maximum atomic E-state index is 2.26. The Hall–Kier alpha value is -1.47. The second kappa shape index (κ2) is 4.66. The lowest BCUT2D eigenvalue weighted by Crippen LogP contribution is -1.93. The monoisotopic (exact) mass is 252 g/mol. The van der Waals surface area contributed by atoms with Gasteiger partial charge in [0.15, 0.2) is 0 Å². The van der Waals surface area contributed by atoms with Crippen molar-refractivity contribution < 1.29 is 0 Å². The molecule has 0 radical (unpaired) electrons. The molecule has 0 nitrogen and oxygen atoms in total. The fourth-order valence-electron chi connectivity index (χ4n) is 2.79. The van der Waals surface area contributed by atoms with Crippen molar-refractivity contribution in [3.63, 3.8) is 0 Å². The summed E-state index contributed by atoms with van der Waals surface area (Å²) in [6.45, 7) is 2.25. The molecule has 1 unspecified atom stereocenters. The summed E-state index contributed by atoms with van der Waals surface area (Å²) >= 11 is 1.92. The smallest absolute Gasteiger partial charge is 0.0558 e. The van der Waals surface area contributed by atoms with E-state index in [2.05, 4.69) is 67.8 Å². The van der Waals surface area contributed by atoms with Crippen LogP contribution in [0.15, 0.2) is 54.6 Å². The molecule has 1 aliphatic carbocycles. The summed E-state index contributed by atoms with van der Waals surface area (Å²) in [5, 5.41) is 0.476. The van der Waals surface area contributed by atoms with Crippen LogP contribution in [-0.4, -0.2) is 6.26 Å². The van der Waals surface area contributed by atoms with Crippen molar-refractivity contribution in [2.45, 2.75) is 12.2 Å². The fourth-order valence-corrected chi connectivity index (χ4v) is 3.80. The van der Waals surface area contributed by atoms with Gasteiger partial charge in [0, 0.05) is 0 Å². The quantitative estimate of drug-likeness (QED) is 0.722. The lowest BCUT2D eigenvalue weighted by atomic mass is 10.0. The number of allylic oxidation sites excluding steroid dienone is 1. The van der Waals surface area contributed by atoms with E-state index in [1.807, 2.05) is 11.8 Å². The van der Waals surface area contributed by atoms with Crippen LogP contribution in [0, 0.1) is 0 Å². The van der Waals surface area contributed by atoms with Crippen molar-refractivity contribution in [3.8, 4) is 0 Å². The molecule has 0 fully saturated rings. The first-order chi connectivity index (χ1) is 8.83. The van der Waals surface area contributed by atoms with Gasteiger partial charge in [-0.2, -0.15) is 11.8 Å². The molecule has 0 aliphatic heterocycles. The van der Waals surface area contributed by atoms with Gasteiger partial charge in [-0.1, -0.05) is 54.6 Å². The molecule has 0 bridgehead atoms. The van der Waals surface area contributed by atoms with Crippen molar-refractivity contribution in [1.82, 2.24) is 0 Å². The third kappa shape index (κ3) is 1.70. The SMILES string of the molecule is CSC1C(c2ccccc2)=C(C)c2ccccc21. The maximum absolute atomic E-state index is 2.26. The number of rotatable bonds is 2. The van der Waals surface area contributed by atoms with Crippen LogP contribution in [0.25, 0.3) is 11.1 Å². The molecule has 3 rings (SSSR count). The van der Waals surface area contributed by atoms with E-state index in [0.29, 0.717) is 5.25 Å². The van der Waals surface area contributed by atoms with Crippen molar-refractivity contribution in [1.29, 1.82) is 0 Å².